The molecule has 0 bridgehead atoms. The fourth-order valence-electron chi connectivity index (χ4n) is 3.74. The van der Waals surface area contributed by atoms with Crippen LogP contribution in [0, 0.1) is 23.7 Å². The van der Waals surface area contributed by atoms with Crippen LogP contribution >= 0.6 is 0 Å². The lowest BCUT2D eigenvalue weighted by Crippen LogP contribution is -2.49. The Bertz CT molecular complexity index is 260. The second-order valence-electron chi connectivity index (χ2n) is 7.91. The summed E-state index contributed by atoms with van der Waals surface area (Å²) >= 11 is 0. The highest BCUT2D eigenvalue weighted by molar-refractivity contribution is 4.88. The Morgan fingerprint density at radius 1 is 1.21 bits per heavy atom. The maximum atomic E-state index is 10.4. The first kappa shape index (κ1) is 17.0. The first-order chi connectivity index (χ1) is 8.71. The van der Waals surface area contributed by atoms with Crippen LogP contribution in [0.1, 0.15) is 67.2 Å². The van der Waals surface area contributed by atoms with Gasteiger partial charge < -0.3 is 10.4 Å². The molecule has 1 saturated carbocycles. The summed E-state index contributed by atoms with van der Waals surface area (Å²) in [5, 5.41) is 14.1. The third kappa shape index (κ3) is 5.83. The topological polar surface area (TPSA) is 32.3 Å². The van der Waals surface area contributed by atoms with Gasteiger partial charge in [0, 0.05) is 12.6 Å². The highest BCUT2D eigenvalue weighted by Gasteiger charge is 2.32. The Morgan fingerprint density at radius 2 is 1.84 bits per heavy atom. The van der Waals surface area contributed by atoms with E-state index >= 15 is 0 Å². The quantitative estimate of drug-likeness (QED) is 0.768. The molecular formula is C17H35NO. The van der Waals surface area contributed by atoms with Gasteiger partial charge in [0.05, 0.1) is 5.60 Å². The average Bonchev–Trinajstić information content (AvgIpc) is 2.24. The standard InChI is InChI=1S/C17H35NO/c1-12(2)10-17(6,19)11-18-16-9-14(5)7-8-15(16)13(3)4/h12-16,18-19H,7-11H2,1-6H3. The third-order valence-corrected chi connectivity index (χ3v) is 4.62. The first-order valence-corrected chi connectivity index (χ1v) is 8.17. The van der Waals surface area contributed by atoms with E-state index in [0.29, 0.717) is 12.0 Å². The van der Waals surface area contributed by atoms with Gasteiger partial charge in [-0.3, -0.25) is 0 Å². The molecule has 0 aromatic carbocycles. The number of aliphatic hydroxyl groups is 1. The van der Waals surface area contributed by atoms with E-state index in [1.807, 2.05) is 6.92 Å². The molecule has 4 unspecified atom stereocenters. The van der Waals surface area contributed by atoms with Crippen molar-refractivity contribution in [3.63, 3.8) is 0 Å². The minimum atomic E-state index is -0.573. The number of hydrogen-bond acceptors (Lipinski definition) is 2. The molecule has 0 spiro atoms. The van der Waals surface area contributed by atoms with Crippen LogP contribution in [0.15, 0.2) is 0 Å². The van der Waals surface area contributed by atoms with Crippen molar-refractivity contribution in [3.8, 4) is 0 Å². The summed E-state index contributed by atoms with van der Waals surface area (Å²) in [4.78, 5) is 0. The third-order valence-electron chi connectivity index (χ3n) is 4.62. The Hall–Kier alpha value is -0.0800. The Balaban J connectivity index is 2.52. The zero-order valence-electron chi connectivity index (χ0n) is 13.9. The van der Waals surface area contributed by atoms with E-state index in [1.54, 1.807) is 0 Å². The summed E-state index contributed by atoms with van der Waals surface area (Å²) in [6.45, 7) is 14.1. The molecule has 19 heavy (non-hydrogen) atoms. The SMILES string of the molecule is CC(C)CC(C)(O)CNC1CC(C)CCC1C(C)C. The molecule has 0 aromatic rings. The minimum Gasteiger partial charge on any atom is -0.389 e. The molecule has 0 aromatic heterocycles. The molecule has 0 heterocycles. The van der Waals surface area contributed by atoms with E-state index in [9.17, 15) is 5.11 Å². The van der Waals surface area contributed by atoms with Crippen LogP contribution in [-0.4, -0.2) is 23.3 Å². The maximum absolute atomic E-state index is 10.4. The highest BCUT2D eigenvalue weighted by Crippen LogP contribution is 2.33. The molecule has 1 aliphatic carbocycles. The van der Waals surface area contributed by atoms with E-state index in [2.05, 4.69) is 39.9 Å². The van der Waals surface area contributed by atoms with E-state index in [1.165, 1.54) is 19.3 Å². The van der Waals surface area contributed by atoms with E-state index in [0.717, 1.165) is 30.7 Å². The molecule has 114 valence electrons. The van der Waals surface area contributed by atoms with Gasteiger partial charge in [-0.15, -0.1) is 0 Å². The predicted molar refractivity (Wildman–Crippen MR) is 83.2 cm³/mol. The lowest BCUT2D eigenvalue weighted by atomic mass is 9.74. The van der Waals surface area contributed by atoms with Crippen LogP contribution in [0.5, 0.6) is 0 Å². The molecule has 0 radical (unpaired) electrons. The van der Waals surface area contributed by atoms with Crippen LogP contribution in [0.4, 0.5) is 0 Å². The number of rotatable bonds is 6. The molecule has 0 amide bonds. The Morgan fingerprint density at radius 3 is 2.37 bits per heavy atom. The van der Waals surface area contributed by atoms with Crippen LogP contribution in [0.2, 0.25) is 0 Å². The molecule has 2 N–H and O–H groups in total. The van der Waals surface area contributed by atoms with Crippen molar-refractivity contribution in [1.82, 2.24) is 5.32 Å². The number of hydrogen-bond donors (Lipinski definition) is 2. The summed E-state index contributed by atoms with van der Waals surface area (Å²) < 4.78 is 0. The highest BCUT2D eigenvalue weighted by atomic mass is 16.3. The van der Waals surface area contributed by atoms with Gasteiger partial charge in [0.2, 0.25) is 0 Å². The normalized spacial score (nSPS) is 31.7. The molecule has 1 aliphatic rings. The Kier molecular flexibility index (Phi) is 6.32. The smallest absolute Gasteiger partial charge is 0.0746 e. The molecule has 2 heteroatoms. The molecule has 1 fully saturated rings. The predicted octanol–water partition coefficient (Wildman–Crippen LogP) is 3.83. The zero-order valence-corrected chi connectivity index (χ0v) is 13.9. The second kappa shape index (κ2) is 7.08. The monoisotopic (exact) mass is 269 g/mol. The fourth-order valence-corrected chi connectivity index (χ4v) is 3.74. The minimum absolute atomic E-state index is 0.544. The van der Waals surface area contributed by atoms with Crippen molar-refractivity contribution < 1.29 is 5.11 Å². The van der Waals surface area contributed by atoms with Gasteiger partial charge in [-0.2, -0.15) is 0 Å². The zero-order chi connectivity index (χ0) is 14.6. The van der Waals surface area contributed by atoms with Crippen molar-refractivity contribution in [2.24, 2.45) is 23.7 Å². The molecule has 4 atom stereocenters. The maximum Gasteiger partial charge on any atom is 0.0746 e. The molecule has 2 nitrogen and oxygen atoms in total. The van der Waals surface area contributed by atoms with Crippen molar-refractivity contribution in [2.75, 3.05) is 6.54 Å². The molecule has 0 saturated heterocycles. The van der Waals surface area contributed by atoms with Gasteiger partial charge in [-0.1, -0.05) is 41.0 Å². The van der Waals surface area contributed by atoms with E-state index in [4.69, 9.17) is 0 Å². The molecular weight excluding hydrogens is 234 g/mol. The second-order valence-corrected chi connectivity index (χ2v) is 7.91. The average molecular weight is 269 g/mol. The van der Waals surface area contributed by atoms with Crippen LogP contribution in [-0.2, 0) is 0 Å². The number of nitrogens with one attached hydrogen (secondary N) is 1. The summed E-state index contributed by atoms with van der Waals surface area (Å²) in [6, 6.07) is 0.586. The van der Waals surface area contributed by atoms with E-state index < -0.39 is 5.60 Å². The van der Waals surface area contributed by atoms with Crippen LogP contribution in [0.25, 0.3) is 0 Å². The lowest BCUT2D eigenvalue weighted by Gasteiger charge is -2.39. The van der Waals surface area contributed by atoms with Crippen LogP contribution < -0.4 is 5.32 Å². The Labute approximate surface area is 120 Å². The largest absolute Gasteiger partial charge is 0.389 e. The van der Waals surface area contributed by atoms with E-state index in [-0.39, 0.29) is 0 Å². The summed E-state index contributed by atoms with van der Waals surface area (Å²) in [5.74, 6) is 2.87. The van der Waals surface area contributed by atoms with Crippen LogP contribution in [0.3, 0.4) is 0 Å². The summed E-state index contributed by atoms with van der Waals surface area (Å²) in [7, 11) is 0. The first-order valence-electron chi connectivity index (χ1n) is 8.17. The molecule has 1 rings (SSSR count). The van der Waals surface area contributed by atoms with Gasteiger partial charge in [0.15, 0.2) is 0 Å². The fraction of sp³-hybridized carbons (Fsp3) is 1.00. The van der Waals surface area contributed by atoms with Gasteiger partial charge in [0.25, 0.3) is 0 Å². The van der Waals surface area contributed by atoms with Crippen molar-refractivity contribution in [1.29, 1.82) is 0 Å². The van der Waals surface area contributed by atoms with Crippen molar-refractivity contribution in [2.45, 2.75) is 78.9 Å². The van der Waals surface area contributed by atoms with Gasteiger partial charge in [-0.05, 0) is 49.9 Å². The summed E-state index contributed by atoms with van der Waals surface area (Å²) in [6.07, 6.45) is 4.83. The van der Waals surface area contributed by atoms with Crippen molar-refractivity contribution >= 4 is 0 Å². The van der Waals surface area contributed by atoms with Gasteiger partial charge in [-0.25, -0.2) is 0 Å². The lowest BCUT2D eigenvalue weighted by molar-refractivity contribution is 0.0283. The van der Waals surface area contributed by atoms with Gasteiger partial charge >= 0.3 is 0 Å². The van der Waals surface area contributed by atoms with Crippen molar-refractivity contribution in [3.05, 3.63) is 0 Å². The molecule has 0 aliphatic heterocycles. The van der Waals surface area contributed by atoms with Gasteiger partial charge in [0.1, 0.15) is 0 Å². The summed E-state index contributed by atoms with van der Waals surface area (Å²) in [5.41, 5.74) is -0.573.